The fourth-order valence-corrected chi connectivity index (χ4v) is 4.68. The molecule has 0 aliphatic rings. The van der Waals surface area contributed by atoms with Gasteiger partial charge in [0.15, 0.2) is 13.2 Å². The van der Waals surface area contributed by atoms with E-state index in [1.54, 1.807) is 0 Å². The van der Waals surface area contributed by atoms with Gasteiger partial charge in [0.2, 0.25) is 11.8 Å². The third kappa shape index (κ3) is 9.42. The molecule has 0 bridgehead atoms. The minimum atomic E-state index is -3.14. The van der Waals surface area contributed by atoms with Gasteiger partial charge in [0.1, 0.15) is 44.6 Å². The first kappa shape index (κ1) is 38.2. The van der Waals surface area contributed by atoms with Crippen molar-refractivity contribution in [3.8, 4) is 45.8 Å². The molecule has 2 aromatic carbocycles. The Balaban J connectivity index is 0.000000260. The predicted molar refractivity (Wildman–Crippen MR) is 157 cm³/mol. The minimum absolute atomic E-state index is 0.131. The lowest BCUT2D eigenvalue weighted by molar-refractivity contribution is -0.140. The number of carbonyl (C=O) groups is 2. The van der Waals surface area contributed by atoms with Crippen LogP contribution in [0.5, 0.6) is 23.3 Å². The number of aromatic nitrogens is 4. The predicted octanol–water partition coefficient (Wildman–Crippen LogP) is 7.20. The van der Waals surface area contributed by atoms with E-state index < -0.39 is 61.8 Å². The number of aryl methyl sites for hydroxylation is 2. The Morgan fingerprint density at radius 3 is 1.33 bits per heavy atom. The number of nitrogens with zero attached hydrogens (tertiary/aromatic N) is 4. The summed E-state index contributed by atoms with van der Waals surface area (Å²) in [6.07, 6.45) is 0. The molecule has 0 aliphatic heterocycles. The van der Waals surface area contributed by atoms with Crippen LogP contribution >= 0.6 is 46.4 Å². The van der Waals surface area contributed by atoms with Crippen molar-refractivity contribution >= 4 is 58.3 Å². The first-order valence-corrected chi connectivity index (χ1v) is 13.9. The average molecular weight is 770 g/mol. The molecule has 22 heteroatoms. The molecule has 0 saturated carbocycles. The average Bonchev–Trinajstić information content (AvgIpc) is 3.40. The summed E-state index contributed by atoms with van der Waals surface area (Å²) in [7, 11) is 2.56. The smallest absolute Gasteiger partial charge is 0.388 e. The van der Waals surface area contributed by atoms with Gasteiger partial charge in [-0.25, -0.2) is 27.7 Å². The zero-order valence-corrected chi connectivity index (χ0v) is 26.8. The van der Waals surface area contributed by atoms with Crippen molar-refractivity contribution in [3.05, 3.63) is 56.0 Å². The summed E-state index contributed by atoms with van der Waals surface area (Å²) in [6.45, 7) is -7.70. The van der Waals surface area contributed by atoms with E-state index in [0.29, 0.717) is 0 Å². The van der Waals surface area contributed by atoms with Gasteiger partial charge in [-0.3, -0.25) is 0 Å². The lowest BCUT2D eigenvalue weighted by Gasteiger charge is -2.09. The molecule has 2 heterocycles. The molecule has 0 spiro atoms. The largest absolute Gasteiger partial charge is 0.480 e. The Kier molecular flexibility index (Phi) is 12.9. The Morgan fingerprint density at radius 1 is 0.708 bits per heavy atom. The fourth-order valence-electron chi connectivity index (χ4n) is 3.66. The Bertz CT molecular complexity index is 1700. The highest BCUT2D eigenvalue weighted by Gasteiger charge is 2.25. The lowest BCUT2D eigenvalue weighted by atomic mass is 10.1. The topological polar surface area (TPSA) is 147 Å². The third-order valence-electron chi connectivity index (χ3n) is 5.54. The number of ether oxygens (including phenoxy) is 4. The van der Waals surface area contributed by atoms with E-state index in [4.69, 9.17) is 66.1 Å². The zero-order valence-electron chi connectivity index (χ0n) is 23.8. The first-order valence-electron chi connectivity index (χ1n) is 12.4. The van der Waals surface area contributed by atoms with Gasteiger partial charge in [0.05, 0.1) is 10.0 Å². The zero-order chi connectivity index (χ0) is 36.0. The van der Waals surface area contributed by atoms with Crippen molar-refractivity contribution < 1.29 is 65.1 Å². The van der Waals surface area contributed by atoms with Crippen molar-refractivity contribution in [2.75, 3.05) is 13.2 Å². The maximum atomic E-state index is 14.1. The van der Waals surface area contributed by atoms with Crippen molar-refractivity contribution in [1.82, 2.24) is 19.6 Å². The lowest BCUT2D eigenvalue weighted by Crippen LogP contribution is -2.09. The summed E-state index contributed by atoms with van der Waals surface area (Å²) in [5, 5.41) is 23.8. The maximum Gasteiger partial charge on any atom is 0.388 e. The molecule has 0 saturated heterocycles. The summed E-state index contributed by atoms with van der Waals surface area (Å²) in [6, 6.07) is 3.88. The summed E-state index contributed by atoms with van der Waals surface area (Å²) in [5.74, 6) is -5.41. The number of benzene rings is 2. The third-order valence-corrected chi connectivity index (χ3v) is 6.81. The van der Waals surface area contributed by atoms with Crippen molar-refractivity contribution in [2.24, 2.45) is 14.1 Å². The van der Waals surface area contributed by atoms with Crippen LogP contribution in [0.4, 0.5) is 26.3 Å². The van der Waals surface area contributed by atoms with Crippen LogP contribution in [0.25, 0.3) is 22.5 Å². The number of hydrogen-bond acceptors (Lipinski definition) is 8. The van der Waals surface area contributed by atoms with Crippen LogP contribution in [0.1, 0.15) is 0 Å². The highest BCUT2D eigenvalue weighted by molar-refractivity contribution is 6.35. The maximum absolute atomic E-state index is 14.1. The summed E-state index contributed by atoms with van der Waals surface area (Å²) >= 11 is 23.4. The van der Waals surface area contributed by atoms with E-state index in [-0.39, 0.29) is 54.1 Å². The highest BCUT2D eigenvalue weighted by Crippen LogP contribution is 2.41. The van der Waals surface area contributed by atoms with Gasteiger partial charge in [-0.05, 0) is 24.3 Å². The molecule has 12 nitrogen and oxygen atoms in total. The van der Waals surface area contributed by atoms with Crippen LogP contribution in [-0.2, 0) is 23.7 Å². The number of carboxylic acid groups (broad SMARTS) is 2. The fraction of sp³-hybridized carbons (Fsp3) is 0.231. The number of alkyl halides is 4. The van der Waals surface area contributed by atoms with Crippen LogP contribution in [0.3, 0.4) is 0 Å². The number of aliphatic carboxylic acids is 2. The second-order valence-electron chi connectivity index (χ2n) is 8.83. The normalized spacial score (nSPS) is 11.0. The van der Waals surface area contributed by atoms with E-state index in [0.717, 1.165) is 33.6 Å². The molecular formula is C26H18Cl4F6N4O8. The quantitative estimate of drug-likeness (QED) is 0.142. The molecular weight excluding hydrogens is 752 g/mol. The second kappa shape index (κ2) is 16.2. The molecule has 0 radical (unpaired) electrons. The van der Waals surface area contributed by atoms with Gasteiger partial charge in [-0.1, -0.05) is 46.4 Å². The van der Waals surface area contributed by atoms with Crippen molar-refractivity contribution in [1.29, 1.82) is 0 Å². The monoisotopic (exact) mass is 768 g/mol. The van der Waals surface area contributed by atoms with Gasteiger partial charge in [-0.2, -0.15) is 27.8 Å². The van der Waals surface area contributed by atoms with Gasteiger partial charge >= 0.3 is 25.2 Å². The highest BCUT2D eigenvalue weighted by atomic mass is 35.5. The van der Waals surface area contributed by atoms with Gasteiger partial charge in [0, 0.05) is 25.2 Å². The minimum Gasteiger partial charge on any atom is -0.480 e. The Hall–Kier alpha value is -4.26. The molecule has 48 heavy (non-hydrogen) atoms. The van der Waals surface area contributed by atoms with E-state index in [1.807, 2.05) is 0 Å². The van der Waals surface area contributed by atoms with Crippen LogP contribution in [-0.4, -0.2) is 68.1 Å². The molecule has 2 aromatic heterocycles. The number of halogens is 10. The number of carboxylic acids is 2. The van der Waals surface area contributed by atoms with Crippen LogP contribution in [0.15, 0.2) is 24.3 Å². The summed E-state index contributed by atoms with van der Waals surface area (Å²) in [4.78, 5) is 21.1. The van der Waals surface area contributed by atoms with Gasteiger partial charge in [-0.15, -0.1) is 0 Å². The molecule has 0 unspecified atom stereocenters. The van der Waals surface area contributed by atoms with E-state index in [9.17, 15) is 35.9 Å². The van der Waals surface area contributed by atoms with Crippen molar-refractivity contribution in [3.63, 3.8) is 0 Å². The van der Waals surface area contributed by atoms with Gasteiger partial charge in [0.25, 0.3) is 0 Å². The number of hydrogen-bond donors (Lipinski definition) is 2. The molecule has 2 N–H and O–H groups in total. The Morgan fingerprint density at radius 2 is 1.04 bits per heavy atom. The molecule has 4 aromatic rings. The molecule has 0 amide bonds. The van der Waals surface area contributed by atoms with E-state index in [2.05, 4.69) is 19.7 Å². The van der Waals surface area contributed by atoms with E-state index >= 15 is 0 Å². The summed E-state index contributed by atoms with van der Waals surface area (Å²) < 4.78 is 97.9. The summed E-state index contributed by atoms with van der Waals surface area (Å²) in [5.41, 5.74) is -0.817. The first-order chi connectivity index (χ1) is 22.4. The van der Waals surface area contributed by atoms with Gasteiger partial charge < -0.3 is 29.2 Å². The van der Waals surface area contributed by atoms with Crippen LogP contribution < -0.4 is 18.9 Å². The second-order valence-corrected chi connectivity index (χ2v) is 10.4. The molecule has 0 atom stereocenters. The molecule has 260 valence electrons. The van der Waals surface area contributed by atoms with Crippen LogP contribution in [0.2, 0.25) is 20.1 Å². The SMILES string of the molecule is Cn1nc(-c2cc(OCC(=O)O)c(Cl)cc2F)c(Cl)c1OC(F)F.Cn1nc(-c2cc(OCC(=O)O)c(Cl)cc2F)c(Cl)c1OC(F)F. The standard InChI is InChI=1S/2C13H9Cl2F3N2O4/c2*1-20-12(24-13(17)18)10(15)11(19-20)5-2-8(23-4-9(21)22)6(14)3-7(5)16/h2*2-3,13H,4H2,1H3,(H,21,22). The van der Waals surface area contributed by atoms with Crippen molar-refractivity contribution in [2.45, 2.75) is 13.2 Å². The molecule has 0 fully saturated rings. The molecule has 4 rings (SSSR count). The Labute approximate surface area is 284 Å². The molecule has 0 aliphatic carbocycles. The van der Waals surface area contributed by atoms with E-state index in [1.165, 1.54) is 14.1 Å². The number of rotatable bonds is 12. The van der Waals surface area contributed by atoms with Crippen LogP contribution in [0, 0.1) is 11.6 Å².